The molecule has 0 spiro atoms. The summed E-state index contributed by atoms with van der Waals surface area (Å²) in [5.74, 6) is -0.208. The number of sulfonamides is 1. The van der Waals surface area contributed by atoms with E-state index in [1.165, 1.54) is 17.5 Å². The molecule has 2 aromatic carbocycles. The van der Waals surface area contributed by atoms with Crippen molar-refractivity contribution in [2.75, 3.05) is 18.4 Å². The number of piperidine rings is 1. The lowest BCUT2D eigenvalue weighted by Gasteiger charge is -2.26. The number of nitrogens with one attached hydrogen (secondary N) is 1. The molecular weight excluding hydrogens is 372 g/mol. The van der Waals surface area contributed by atoms with Crippen LogP contribution in [-0.2, 0) is 22.9 Å². The predicted molar refractivity (Wildman–Crippen MR) is 110 cm³/mol. The standard InChI is InChI=1S/C22H26N2O3S/c25-22(19-12-11-17-7-2-3-8-18(17)15-19)23-20-9-6-10-21(16-20)28(26,27)24-13-4-1-5-14-24/h6,9-12,15-16H,1-5,7-8,13-14H2,(H,23,25). The van der Waals surface area contributed by atoms with Crippen molar-refractivity contribution in [3.63, 3.8) is 0 Å². The van der Waals surface area contributed by atoms with Crippen molar-refractivity contribution in [2.24, 2.45) is 0 Å². The van der Waals surface area contributed by atoms with Crippen LogP contribution in [0.3, 0.4) is 0 Å². The van der Waals surface area contributed by atoms with Gasteiger partial charge in [0, 0.05) is 24.3 Å². The third kappa shape index (κ3) is 3.98. The molecule has 1 saturated heterocycles. The van der Waals surface area contributed by atoms with Crippen LogP contribution in [0.4, 0.5) is 5.69 Å². The number of hydrogen-bond acceptors (Lipinski definition) is 3. The molecule has 2 aromatic rings. The maximum atomic E-state index is 12.9. The highest BCUT2D eigenvalue weighted by atomic mass is 32.2. The average molecular weight is 399 g/mol. The van der Waals surface area contributed by atoms with Crippen molar-refractivity contribution in [1.29, 1.82) is 0 Å². The van der Waals surface area contributed by atoms with Crippen LogP contribution < -0.4 is 5.32 Å². The second kappa shape index (κ2) is 8.05. The minimum absolute atomic E-state index is 0.208. The third-order valence-electron chi connectivity index (χ3n) is 5.66. The Bertz CT molecular complexity index is 979. The molecule has 0 unspecified atom stereocenters. The van der Waals surface area contributed by atoms with Crippen LogP contribution in [-0.4, -0.2) is 31.7 Å². The smallest absolute Gasteiger partial charge is 0.255 e. The summed E-state index contributed by atoms with van der Waals surface area (Å²) < 4.78 is 27.3. The number of benzene rings is 2. The number of carbonyl (C=O) groups is 1. The fourth-order valence-electron chi connectivity index (χ4n) is 4.07. The SMILES string of the molecule is O=C(Nc1cccc(S(=O)(=O)N2CCCCC2)c1)c1ccc2c(c1)CCCC2. The van der Waals surface area contributed by atoms with Crippen LogP contribution in [0.1, 0.15) is 53.6 Å². The fourth-order valence-corrected chi connectivity index (χ4v) is 5.63. The van der Waals surface area contributed by atoms with E-state index < -0.39 is 10.0 Å². The average Bonchev–Trinajstić information content (AvgIpc) is 2.74. The Kier molecular flexibility index (Phi) is 5.51. The summed E-state index contributed by atoms with van der Waals surface area (Å²) in [4.78, 5) is 12.9. The fraction of sp³-hybridized carbons (Fsp3) is 0.409. The lowest BCUT2D eigenvalue weighted by molar-refractivity contribution is 0.102. The second-order valence-corrected chi connectivity index (χ2v) is 9.58. The zero-order chi connectivity index (χ0) is 19.6. The van der Waals surface area contributed by atoms with Crippen LogP contribution >= 0.6 is 0 Å². The highest BCUT2D eigenvalue weighted by molar-refractivity contribution is 7.89. The molecule has 6 heteroatoms. The topological polar surface area (TPSA) is 66.5 Å². The quantitative estimate of drug-likeness (QED) is 0.847. The van der Waals surface area contributed by atoms with E-state index in [0.29, 0.717) is 24.3 Å². The summed E-state index contributed by atoms with van der Waals surface area (Å²) >= 11 is 0. The number of anilines is 1. The van der Waals surface area contributed by atoms with E-state index in [9.17, 15) is 13.2 Å². The molecule has 0 aromatic heterocycles. The number of rotatable bonds is 4. The van der Waals surface area contributed by atoms with Gasteiger partial charge in [0.1, 0.15) is 0 Å². The monoisotopic (exact) mass is 398 g/mol. The molecule has 1 fully saturated rings. The van der Waals surface area contributed by atoms with Crippen molar-refractivity contribution >= 4 is 21.6 Å². The van der Waals surface area contributed by atoms with Gasteiger partial charge in [-0.15, -0.1) is 0 Å². The minimum Gasteiger partial charge on any atom is -0.322 e. The van der Waals surface area contributed by atoms with E-state index >= 15 is 0 Å². The van der Waals surface area contributed by atoms with Gasteiger partial charge in [-0.25, -0.2) is 8.42 Å². The summed E-state index contributed by atoms with van der Waals surface area (Å²) in [6, 6.07) is 12.4. The molecule has 4 rings (SSSR count). The van der Waals surface area contributed by atoms with Gasteiger partial charge in [-0.2, -0.15) is 4.31 Å². The summed E-state index contributed by atoms with van der Waals surface area (Å²) in [5, 5.41) is 2.86. The molecule has 1 aliphatic heterocycles. The number of hydrogen-bond donors (Lipinski definition) is 1. The van der Waals surface area contributed by atoms with Crippen molar-refractivity contribution in [3.05, 3.63) is 59.2 Å². The summed E-state index contributed by atoms with van der Waals surface area (Å²) in [6.07, 6.45) is 7.32. The molecule has 0 atom stereocenters. The molecule has 0 radical (unpaired) electrons. The molecule has 28 heavy (non-hydrogen) atoms. The second-order valence-electron chi connectivity index (χ2n) is 7.64. The van der Waals surface area contributed by atoms with Crippen molar-refractivity contribution in [3.8, 4) is 0 Å². The van der Waals surface area contributed by atoms with Gasteiger partial charge in [-0.05, 0) is 80.0 Å². The van der Waals surface area contributed by atoms with Crippen LogP contribution in [0.2, 0.25) is 0 Å². The van der Waals surface area contributed by atoms with Gasteiger partial charge < -0.3 is 5.32 Å². The molecule has 1 N–H and O–H groups in total. The van der Waals surface area contributed by atoms with Gasteiger partial charge in [0.25, 0.3) is 5.91 Å². The Balaban J connectivity index is 1.52. The number of fused-ring (bicyclic) bond motifs is 1. The summed E-state index contributed by atoms with van der Waals surface area (Å²) in [5.41, 5.74) is 3.70. The Labute approximate surface area is 166 Å². The largest absolute Gasteiger partial charge is 0.322 e. The number of nitrogens with zero attached hydrogens (tertiary/aromatic N) is 1. The number of amides is 1. The van der Waals surface area contributed by atoms with Crippen LogP contribution in [0.25, 0.3) is 0 Å². The van der Waals surface area contributed by atoms with Gasteiger partial charge >= 0.3 is 0 Å². The van der Waals surface area contributed by atoms with E-state index in [0.717, 1.165) is 38.5 Å². The molecular formula is C22H26N2O3S. The zero-order valence-corrected chi connectivity index (χ0v) is 16.8. The van der Waals surface area contributed by atoms with Crippen LogP contribution in [0, 0.1) is 0 Å². The van der Waals surface area contributed by atoms with E-state index in [2.05, 4.69) is 5.32 Å². The Morgan fingerprint density at radius 3 is 2.39 bits per heavy atom. The zero-order valence-electron chi connectivity index (χ0n) is 16.0. The Morgan fingerprint density at radius 1 is 0.857 bits per heavy atom. The highest BCUT2D eigenvalue weighted by Gasteiger charge is 2.26. The van der Waals surface area contributed by atoms with E-state index in [4.69, 9.17) is 0 Å². The third-order valence-corrected chi connectivity index (χ3v) is 7.55. The first-order chi connectivity index (χ1) is 13.5. The van der Waals surface area contributed by atoms with Crippen molar-refractivity contribution < 1.29 is 13.2 Å². The minimum atomic E-state index is -3.52. The lowest BCUT2D eigenvalue weighted by Crippen LogP contribution is -2.35. The molecule has 0 saturated carbocycles. The van der Waals surface area contributed by atoms with Gasteiger partial charge in [0.2, 0.25) is 10.0 Å². The molecule has 148 valence electrons. The highest BCUT2D eigenvalue weighted by Crippen LogP contribution is 2.25. The molecule has 1 aliphatic carbocycles. The maximum Gasteiger partial charge on any atom is 0.255 e. The normalized spacial score (nSPS) is 17.7. The van der Waals surface area contributed by atoms with Crippen molar-refractivity contribution in [1.82, 2.24) is 4.31 Å². The van der Waals surface area contributed by atoms with Gasteiger partial charge in [0.15, 0.2) is 0 Å². The van der Waals surface area contributed by atoms with Crippen LogP contribution in [0.15, 0.2) is 47.4 Å². The van der Waals surface area contributed by atoms with E-state index in [-0.39, 0.29) is 10.8 Å². The molecule has 2 aliphatic rings. The van der Waals surface area contributed by atoms with E-state index in [1.54, 1.807) is 28.6 Å². The molecule has 1 amide bonds. The summed E-state index contributed by atoms with van der Waals surface area (Å²) in [7, 11) is -3.52. The Hall–Kier alpha value is -2.18. The first kappa shape index (κ1) is 19.2. The predicted octanol–water partition coefficient (Wildman–Crippen LogP) is 3.99. The number of carbonyl (C=O) groups excluding carboxylic acids is 1. The van der Waals surface area contributed by atoms with Gasteiger partial charge in [-0.1, -0.05) is 18.6 Å². The number of aryl methyl sites for hydroxylation is 2. The van der Waals surface area contributed by atoms with Crippen LogP contribution in [0.5, 0.6) is 0 Å². The van der Waals surface area contributed by atoms with Gasteiger partial charge in [0.05, 0.1) is 4.90 Å². The maximum absolute atomic E-state index is 12.9. The lowest BCUT2D eigenvalue weighted by atomic mass is 9.90. The summed E-state index contributed by atoms with van der Waals surface area (Å²) in [6.45, 7) is 1.13. The first-order valence-electron chi connectivity index (χ1n) is 10.1. The molecule has 0 bridgehead atoms. The molecule has 5 nitrogen and oxygen atoms in total. The van der Waals surface area contributed by atoms with Crippen molar-refractivity contribution in [2.45, 2.75) is 49.8 Å². The molecule has 1 heterocycles. The first-order valence-corrected chi connectivity index (χ1v) is 11.5. The van der Waals surface area contributed by atoms with Gasteiger partial charge in [-0.3, -0.25) is 4.79 Å². The van der Waals surface area contributed by atoms with E-state index in [1.807, 2.05) is 18.2 Å². The Morgan fingerprint density at radius 2 is 1.61 bits per heavy atom.